The summed E-state index contributed by atoms with van der Waals surface area (Å²) in [6.07, 6.45) is 0. The van der Waals surface area contributed by atoms with Crippen LogP contribution in [0.15, 0.2) is 146 Å². The Morgan fingerprint density at radius 1 is 0.390 bits per heavy atom. The molecule has 0 spiro atoms. The van der Waals surface area contributed by atoms with Crippen molar-refractivity contribution >= 4 is 53.9 Å². The van der Waals surface area contributed by atoms with Gasteiger partial charge in [-0.05, 0) is 163 Å². The van der Waals surface area contributed by atoms with Crippen LogP contribution >= 0.6 is 0 Å². The van der Waals surface area contributed by atoms with Gasteiger partial charge in [0.1, 0.15) is 0 Å². The highest BCUT2D eigenvalue weighted by atomic mass is 14.3. The van der Waals surface area contributed by atoms with Crippen LogP contribution in [0.3, 0.4) is 0 Å². The lowest BCUT2D eigenvalue weighted by atomic mass is 9.80. The molecule has 0 bridgehead atoms. The minimum atomic E-state index is -0.00685. The Labute approximate surface area is 342 Å². The third kappa shape index (κ3) is 4.49. The van der Waals surface area contributed by atoms with Gasteiger partial charge in [0.25, 0.3) is 0 Å². The average molecular weight is 749 g/mol. The first kappa shape index (κ1) is 33.6. The summed E-state index contributed by atoms with van der Waals surface area (Å²) in [5.41, 5.74) is 17.9. The van der Waals surface area contributed by atoms with E-state index >= 15 is 0 Å². The van der Waals surface area contributed by atoms with E-state index in [1.54, 1.807) is 6.07 Å². The van der Waals surface area contributed by atoms with E-state index in [0.717, 1.165) is 27.5 Å². The number of hydrogen-bond acceptors (Lipinski definition) is 2. The molecule has 10 aromatic carbocycles. The van der Waals surface area contributed by atoms with Gasteiger partial charge in [0, 0.05) is 5.56 Å². The Morgan fingerprint density at radius 2 is 0.898 bits per heavy atom. The number of fused-ring (bicyclic) bond motifs is 11. The molecule has 0 saturated heterocycles. The molecule has 0 fully saturated rings. The van der Waals surface area contributed by atoms with Gasteiger partial charge in [-0.25, -0.2) is 0 Å². The lowest BCUT2D eigenvalue weighted by Crippen LogP contribution is -2.11. The fourth-order valence-electron chi connectivity index (χ4n) is 10.5. The van der Waals surface area contributed by atoms with Crippen LogP contribution in [0.4, 0.5) is 0 Å². The third-order valence-electron chi connectivity index (χ3n) is 13.3. The molecule has 10 aromatic rings. The standard InChI is InChI=1S/C57H36N2/c1-31-17-19-36(57(2,3)4)26-46(31)54-43-24-22-38-39(48(43)28-50-41-14-6-10-34-12-8-16-45(52(34)41)56(50)54)21-23-42-47(38)27-49-40-13-5-9-33-11-7-15-44(51(33)40)55(49)53(42)37-20-18-32(29-58)25-35(37)30-59/h5-28H,1-4H3. The van der Waals surface area contributed by atoms with Crippen LogP contribution in [0.25, 0.3) is 121 Å². The van der Waals surface area contributed by atoms with Crippen LogP contribution in [-0.2, 0) is 5.41 Å². The van der Waals surface area contributed by atoms with Crippen LogP contribution in [0.2, 0.25) is 0 Å². The summed E-state index contributed by atoms with van der Waals surface area (Å²) in [5, 5.41) is 32.5. The minimum Gasteiger partial charge on any atom is -0.192 e. The largest absolute Gasteiger partial charge is 0.192 e. The molecule has 0 heterocycles. The Kier molecular flexibility index (Phi) is 6.70. The van der Waals surface area contributed by atoms with Gasteiger partial charge in [0.2, 0.25) is 0 Å². The zero-order chi connectivity index (χ0) is 39.9. The van der Waals surface area contributed by atoms with Crippen molar-refractivity contribution in [2.75, 3.05) is 0 Å². The summed E-state index contributed by atoms with van der Waals surface area (Å²) >= 11 is 0. The first-order valence-corrected chi connectivity index (χ1v) is 20.4. The van der Waals surface area contributed by atoms with E-state index in [1.807, 2.05) is 12.1 Å². The van der Waals surface area contributed by atoms with E-state index < -0.39 is 0 Å². The Balaban J connectivity index is 1.24. The number of hydrogen-bond donors (Lipinski definition) is 0. The van der Waals surface area contributed by atoms with Gasteiger partial charge in [-0.15, -0.1) is 0 Å². The van der Waals surface area contributed by atoms with Crippen molar-refractivity contribution in [2.24, 2.45) is 0 Å². The predicted octanol–water partition coefficient (Wildman–Crippen LogP) is 15.4. The lowest BCUT2D eigenvalue weighted by Gasteiger charge is -2.23. The summed E-state index contributed by atoms with van der Waals surface area (Å²) in [6, 6.07) is 58.0. The minimum absolute atomic E-state index is 0.00685. The molecule has 0 amide bonds. The first-order chi connectivity index (χ1) is 28.7. The smallest absolute Gasteiger partial charge is 0.0998 e. The second kappa shape index (κ2) is 11.8. The maximum Gasteiger partial charge on any atom is 0.0998 e. The topological polar surface area (TPSA) is 47.6 Å². The van der Waals surface area contributed by atoms with Crippen LogP contribution in [0.5, 0.6) is 0 Å². The highest BCUT2D eigenvalue weighted by Gasteiger charge is 2.31. The fourth-order valence-corrected chi connectivity index (χ4v) is 10.5. The summed E-state index contributed by atoms with van der Waals surface area (Å²) < 4.78 is 0. The maximum atomic E-state index is 10.6. The second-order valence-electron chi connectivity index (χ2n) is 17.4. The van der Waals surface area contributed by atoms with Crippen LogP contribution in [0.1, 0.15) is 43.0 Å². The Morgan fingerprint density at radius 3 is 1.41 bits per heavy atom. The molecule has 12 rings (SSSR count). The first-order valence-electron chi connectivity index (χ1n) is 20.4. The van der Waals surface area contributed by atoms with Gasteiger partial charge >= 0.3 is 0 Å². The van der Waals surface area contributed by atoms with Crippen molar-refractivity contribution in [3.63, 3.8) is 0 Å². The molecule has 0 N–H and O–H groups in total. The van der Waals surface area contributed by atoms with E-state index in [2.05, 4.69) is 167 Å². The lowest BCUT2D eigenvalue weighted by molar-refractivity contribution is 0.590. The summed E-state index contributed by atoms with van der Waals surface area (Å²) in [7, 11) is 0. The SMILES string of the molecule is Cc1ccc(C(C)(C)C)cc1-c1c2c(cc3c1ccc1c4cc5c(c(-c6ccc(C#N)cc6C#N)c4ccc31)-c1cccc3cccc-5c13)-c1cccc3cccc-2c13. The highest BCUT2D eigenvalue weighted by Crippen LogP contribution is 2.57. The second-order valence-corrected chi connectivity index (χ2v) is 17.4. The molecule has 0 atom stereocenters. The quantitative estimate of drug-likeness (QED) is 0.165. The fraction of sp³-hybridized carbons (Fsp3) is 0.0877. The Hall–Kier alpha value is -7.52. The number of nitrogens with zero attached hydrogens (tertiary/aromatic N) is 2. The molecule has 2 nitrogen and oxygen atoms in total. The monoisotopic (exact) mass is 748 g/mol. The van der Waals surface area contributed by atoms with E-state index in [0.29, 0.717) is 11.1 Å². The zero-order valence-electron chi connectivity index (χ0n) is 33.3. The van der Waals surface area contributed by atoms with Crippen molar-refractivity contribution in [2.45, 2.75) is 33.1 Å². The highest BCUT2D eigenvalue weighted by molar-refractivity contribution is 6.30. The summed E-state index contributed by atoms with van der Waals surface area (Å²) in [4.78, 5) is 0. The van der Waals surface area contributed by atoms with Crippen LogP contribution in [-0.4, -0.2) is 0 Å². The zero-order valence-corrected chi connectivity index (χ0v) is 33.3. The maximum absolute atomic E-state index is 10.6. The van der Waals surface area contributed by atoms with Gasteiger partial charge in [-0.2, -0.15) is 10.5 Å². The molecular formula is C57H36N2. The predicted molar refractivity (Wildman–Crippen MR) is 247 cm³/mol. The normalized spacial score (nSPS) is 12.4. The summed E-state index contributed by atoms with van der Waals surface area (Å²) in [6.45, 7) is 9.15. The molecule has 0 unspecified atom stereocenters. The number of benzene rings is 10. The van der Waals surface area contributed by atoms with Crippen molar-refractivity contribution in [1.82, 2.24) is 0 Å². The van der Waals surface area contributed by atoms with Gasteiger partial charge < -0.3 is 0 Å². The van der Waals surface area contributed by atoms with Crippen LogP contribution in [0, 0.1) is 29.6 Å². The van der Waals surface area contributed by atoms with E-state index in [9.17, 15) is 10.5 Å². The van der Waals surface area contributed by atoms with Gasteiger partial charge in [-0.1, -0.05) is 142 Å². The number of rotatable bonds is 2. The summed E-state index contributed by atoms with van der Waals surface area (Å²) in [5.74, 6) is 0. The molecule has 274 valence electrons. The van der Waals surface area contributed by atoms with Crippen LogP contribution < -0.4 is 0 Å². The van der Waals surface area contributed by atoms with E-state index in [1.165, 1.54) is 104 Å². The van der Waals surface area contributed by atoms with Gasteiger partial charge in [0.15, 0.2) is 0 Å². The molecule has 0 aromatic heterocycles. The molecule has 0 radical (unpaired) electrons. The third-order valence-corrected chi connectivity index (χ3v) is 13.3. The Bertz CT molecular complexity index is 3660. The van der Waals surface area contributed by atoms with Gasteiger partial charge in [0.05, 0.1) is 23.3 Å². The molecule has 0 aliphatic heterocycles. The van der Waals surface area contributed by atoms with E-state index in [4.69, 9.17) is 0 Å². The van der Waals surface area contributed by atoms with Gasteiger partial charge in [-0.3, -0.25) is 0 Å². The number of nitriles is 2. The molecular weight excluding hydrogens is 713 g/mol. The van der Waals surface area contributed by atoms with E-state index in [-0.39, 0.29) is 5.41 Å². The molecule has 0 saturated carbocycles. The van der Waals surface area contributed by atoms with Crippen molar-refractivity contribution < 1.29 is 0 Å². The molecule has 2 aliphatic rings. The van der Waals surface area contributed by atoms with Crippen molar-refractivity contribution in [3.05, 3.63) is 168 Å². The molecule has 2 aliphatic carbocycles. The number of aryl methyl sites for hydroxylation is 1. The average Bonchev–Trinajstić information content (AvgIpc) is 3.75. The molecule has 2 heteroatoms. The molecule has 59 heavy (non-hydrogen) atoms. The van der Waals surface area contributed by atoms with Crippen molar-refractivity contribution in [1.29, 1.82) is 10.5 Å². The van der Waals surface area contributed by atoms with Crippen molar-refractivity contribution in [3.8, 4) is 78.9 Å².